The first-order valence-corrected chi connectivity index (χ1v) is 10.5. The monoisotopic (exact) mass is 467 g/mol. The number of methoxy groups -OCH3 is 5. The van der Waals surface area contributed by atoms with E-state index in [-0.39, 0.29) is 17.2 Å². The second-order valence-electron chi connectivity index (χ2n) is 6.21. The van der Waals surface area contributed by atoms with Gasteiger partial charge in [0, 0.05) is 17.7 Å². The fourth-order valence-electron chi connectivity index (χ4n) is 3.09. The summed E-state index contributed by atoms with van der Waals surface area (Å²) < 4.78 is 44.4. The lowest BCUT2D eigenvalue weighted by Gasteiger charge is -2.17. The van der Waals surface area contributed by atoms with E-state index in [4.69, 9.17) is 28.2 Å². The Morgan fingerprint density at radius 2 is 1.28 bits per heavy atom. The van der Waals surface area contributed by atoms with Crippen LogP contribution in [-0.4, -0.2) is 60.3 Å². The summed E-state index contributed by atoms with van der Waals surface area (Å²) in [5.74, 6) is 1.21. The second kappa shape index (κ2) is 9.35. The van der Waals surface area contributed by atoms with E-state index in [1.165, 1.54) is 52.5 Å². The summed E-state index contributed by atoms with van der Waals surface area (Å²) in [6.45, 7) is 0. The lowest BCUT2D eigenvalue weighted by molar-refractivity contribution is 0.273. The molecule has 2 aromatic carbocycles. The van der Waals surface area contributed by atoms with Crippen molar-refractivity contribution in [2.24, 2.45) is 0 Å². The van der Waals surface area contributed by atoms with Crippen molar-refractivity contribution in [1.82, 2.24) is 15.0 Å². The molecule has 0 bridgehead atoms. The zero-order chi connectivity index (χ0) is 23.5. The molecular formula is C19H22N3O9P. The van der Waals surface area contributed by atoms with Crippen molar-refractivity contribution in [1.29, 1.82) is 0 Å². The SMILES string of the molecule is COc1cc(-n2nncc2-c2cc(OC)c(OC)c(OP(=O)(O)O)c2)cc(OC)c1OC. The fourth-order valence-corrected chi connectivity index (χ4v) is 3.48. The number of hydrogen-bond donors (Lipinski definition) is 2. The van der Waals surface area contributed by atoms with Crippen LogP contribution in [0.15, 0.2) is 30.5 Å². The highest BCUT2D eigenvalue weighted by Gasteiger charge is 2.24. The summed E-state index contributed by atoms with van der Waals surface area (Å²) in [7, 11) is 2.31. The third kappa shape index (κ3) is 4.57. The average Bonchev–Trinajstić information content (AvgIpc) is 3.26. The molecule has 0 amide bonds. The van der Waals surface area contributed by atoms with Gasteiger partial charge in [-0.05, 0) is 12.1 Å². The van der Waals surface area contributed by atoms with Crippen LogP contribution < -0.4 is 28.2 Å². The van der Waals surface area contributed by atoms with Crippen LogP contribution in [0.4, 0.5) is 0 Å². The van der Waals surface area contributed by atoms with Crippen LogP contribution in [0.3, 0.4) is 0 Å². The Morgan fingerprint density at radius 3 is 1.78 bits per heavy atom. The zero-order valence-corrected chi connectivity index (χ0v) is 18.8. The molecule has 0 saturated heterocycles. The molecule has 0 aliphatic carbocycles. The van der Waals surface area contributed by atoms with Gasteiger partial charge in [-0.25, -0.2) is 9.25 Å². The first-order valence-electron chi connectivity index (χ1n) is 8.98. The Kier molecular flexibility index (Phi) is 6.78. The molecule has 0 fully saturated rings. The van der Waals surface area contributed by atoms with Crippen LogP contribution in [0.1, 0.15) is 0 Å². The maximum atomic E-state index is 11.5. The molecule has 0 saturated carbocycles. The van der Waals surface area contributed by atoms with E-state index in [0.29, 0.717) is 34.2 Å². The number of ether oxygens (including phenoxy) is 5. The van der Waals surface area contributed by atoms with Gasteiger partial charge in [0.05, 0.1) is 53.1 Å². The van der Waals surface area contributed by atoms with E-state index in [1.54, 1.807) is 18.2 Å². The Morgan fingerprint density at radius 1 is 0.781 bits per heavy atom. The summed E-state index contributed by atoms with van der Waals surface area (Å²) in [5.41, 5.74) is 1.42. The number of rotatable bonds is 9. The van der Waals surface area contributed by atoms with Crippen molar-refractivity contribution in [3.8, 4) is 51.4 Å². The van der Waals surface area contributed by atoms with Crippen LogP contribution >= 0.6 is 7.82 Å². The molecule has 3 aromatic rings. The van der Waals surface area contributed by atoms with Gasteiger partial charge < -0.3 is 28.2 Å². The van der Waals surface area contributed by atoms with Crippen molar-refractivity contribution < 1.29 is 42.6 Å². The number of aromatic nitrogens is 3. The first-order chi connectivity index (χ1) is 15.3. The van der Waals surface area contributed by atoms with Crippen molar-refractivity contribution in [2.75, 3.05) is 35.5 Å². The highest BCUT2D eigenvalue weighted by atomic mass is 31.2. The normalized spacial score (nSPS) is 11.1. The van der Waals surface area contributed by atoms with Crippen LogP contribution in [0.5, 0.6) is 34.5 Å². The first kappa shape index (κ1) is 23.2. The fraction of sp³-hybridized carbons (Fsp3) is 0.263. The van der Waals surface area contributed by atoms with Crippen LogP contribution in [-0.2, 0) is 4.57 Å². The van der Waals surface area contributed by atoms with Crippen molar-refractivity contribution in [3.05, 3.63) is 30.5 Å². The molecule has 0 radical (unpaired) electrons. The van der Waals surface area contributed by atoms with Gasteiger partial charge in [0.1, 0.15) is 0 Å². The van der Waals surface area contributed by atoms with Gasteiger partial charge in [0.15, 0.2) is 23.0 Å². The third-order valence-electron chi connectivity index (χ3n) is 4.40. The standard InChI is InChI=1S/C19H22N3O9P/c1-26-14-6-11(7-17(19(14)30-5)31-32(23,24)25)13-10-20-21-22(13)12-8-15(27-2)18(29-4)16(9-12)28-3/h6-10H,1-5H3,(H2,23,24,25). The zero-order valence-electron chi connectivity index (χ0n) is 17.9. The molecule has 2 N–H and O–H groups in total. The summed E-state index contributed by atoms with van der Waals surface area (Å²) in [5, 5.41) is 8.08. The summed E-state index contributed by atoms with van der Waals surface area (Å²) in [4.78, 5) is 18.6. The van der Waals surface area contributed by atoms with Gasteiger partial charge in [-0.15, -0.1) is 5.10 Å². The topological polar surface area (TPSA) is 144 Å². The van der Waals surface area contributed by atoms with Gasteiger partial charge in [0.25, 0.3) is 0 Å². The summed E-state index contributed by atoms with van der Waals surface area (Å²) >= 11 is 0. The Labute approximate surface area is 183 Å². The van der Waals surface area contributed by atoms with Gasteiger partial charge >= 0.3 is 7.82 Å². The van der Waals surface area contributed by atoms with Gasteiger partial charge in [0.2, 0.25) is 11.5 Å². The number of phosphoric ester groups is 1. The molecule has 13 heteroatoms. The third-order valence-corrected chi connectivity index (χ3v) is 4.84. The predicted molar refractivity (Wildman–Crippen MR) is 112 cm³/mol. The van der Waals surface area contributed by atoms with E-state index in [0.717, 1.165) is 0 Å². The molecule has 3 rings (SSSR count). The smallest absolute Gasteiger partial charge is 0.493 e. The average molecular weight is 467 g/mol. The van der Waals surface area contributed by atoms with E-state index in [9.17, 15) is 14.4 Å². The number of phosphoric acid groups is 1. The van der Waals surface area contributed by atoms with Crippen molar-refractivity contribution in [2.45, 2.75) is 0 Å². The molecule has 172 valence electrons. The summed E-state index contributed by atoms with van der Waals surface area (Å²) in [6, 6.07) is 6.33. The van der Waals surface area contributed by atoms with Crippen molar-refractivity contribution >= 4 is 7.82 Å². The maximum absolute atomic E-state index is 11.5. The number of hydrogen-bond acceptors (Lipinski definition) is 9. The van der Waals surface area contributed by atoms with E-state index >= 15 is 0 Å². The Bertz CT molecular complexity index is 1130. The van der Waals surface area contributed by atoms with Crippen LogP contribution in [0.2, 0.25) is 0 Å². The van der Waals surface area contributed by atoms with Gasteiger partial charge in [-0.1, -0.05) is 5.21 Å². The Balaban J connectivity index is 2.20. The van der Waals surface area contributed by atoms with Crippen LogP contribution in [0, 0.1) is 0 Å². The number of benzene rings is 2. The highest BCUT2D eigenvalue weighted by molar-refractivity contribution is 7.46. The van der Waals surface area contributed by atoms with E-state index in [1.807, 2.05) is 0 Å². The number of nitrogens with zero attached hydrogens (tertiary/aromatic N) is 3. The van der Waals surface area contributed by atoms with Gasteiger partial charge in [-0.3, -0.25) is 9.79 Å². The maximum Gasteiger partial charge on any atom is 0.524 e. The Hall–Kier alpha value is -3.47. The molecule has 1 aromatic heterocycles. The van der Waals surface area contributed by atoms with Crippen LogP contribution in [0.25, 0.3) is 16.9 Å². The molecule has 0 aliphatic heterocycles. The van der Waals surface area contributed by atoms with Crippen molar-refractivity contribution in [3.63, 3.8) is 0 Å². The van der Waals surface area contributed by atoms with E-state index < -0.39 is 7.82 Å². The molecule has 0 spiro atoms. The molecule has 32 heavy (non-hydrogen) atoms. The molecule has 0 aliphatic rings. The second-order valence-corrected chi connectivity index (χ2v) is 7.37. The lowest BCUT2D eigenvalue weighted by atomic mass is 10.1. The lowest BCUT2D eigenvalue weighted by Crippen LogP contribution is -2.03. The summed E-state index contributed by atoms with van der Waals surface area (Å²) in [6.07, 6.45) is 1.46. The van der Waals surface area contributed by atoms with E-state index in [2.05, 4.69) is 10.3 Å². The molecule has 12 nitrogen and oxygen atoms in total. The minimum Gasteiger partial charge on any atom is -0.493 e. The molecule has 1 heterocycles. The predicted octanol–water partition coefficient (Wildman–Crippen LogP) is 2.45. The minimum absolute atomic E-state index is 0.0198. The van der Waals surface area contributed by atoms with Gasteiger partial charge in [-0.2, -0.15) is 0 Å². The quantitative estimate of drug-likeness (QED) is 0.448. The molecule has 0 atom stereocenters. The largest absolute Gasteiger partial charge is 0.524 e. The molecular weight excluding hydrogens is 445 g/mol. The highest BCUT2D eigenvalue weighted by Crippen LogP contribution is 2.48. The minimum atomic E-state index is -4.88. The molecule has 0 unspecified atom stereocenters.